The molecule has 1 atom stereocenters. The van der Waals surface area contributed by atoms with Gasteiger partial charge < -0.3 is 14.7 Å². The highest BCUT2D eigenvalue weighted by Crippen LogP contribution is 2.43. The number of Topliss-reactive ketones (excluding diaryl/α,β-unsaturated/α-hetero) is 1. The van der Waals surface area contributed by atoms with E-state index in [1.165, 1.54) is 18.1 Å². The van der Waals surface area contributed by atoms with Crippen molar-refractivity contribution in [3.05, 3.63) is 93.5 Å². The SMILES string of the molecule is CCN(CC)c1ccc(C2/C(=C(\O)c3ccc(OC)c(Cl)c3)C(=O)C(=O)N2c2ccc(C)c(C)c2)cc1. The average Bonchev–Trinajstić information content (AvgIpc) is 3.16. The Balaban J connectivity index is 1.91. The van der Waals surface area contributed by atoms with E-state index in [1.807, 2.05) is 56.3 Å². The Bertz CT molecular complexity index is 1380. The Morgan fingerprint density at radius 3 is 2.22 bits per heavy atom. The second kappa shape index (κ2) is 10.7. The molecule has 37 heavy (non-hydrogen) atoms. The topological polar surface area (TPSA) is 70.1 Å². The molecule has 4 rings (SSSR count). The highest BCUT2D eigenvalue weighted by molar-refractivity contribution is 6.51. The molecule has 0 saturated carbocycles. The fourth-order valence-electron chi connectivity index (χ4n) is 4.72. The van der Waals surface area contributed by atoms with Gasteiger partial charge in [-0.05, 0) is 86.8 Å². The van der Waals surface area contributed by atoms with E-state index in [2.05, 4.69) is 18.7 Å². The van der Waals surface area contributed by atoms with Gasteiger partial charge >= 0.3 is 0 Å². The molecule has 0 aliphatic carbocycles. The van der Waals surface area contributed by atoms with Crippen LogP contribution in [0.1, 0.15) is 42.1 Å². The first-order valence-corrected chi connectivity index (χ1v) is 12.7. The monoisotopic (exact) mass is 518 g/mol. The second-order valence-corrected chi connectivity index (χ2v) is 9.46. The van der Waals surface area contributed by atoms with Crippen LogP contribution < -0.4 is 14.5 Å². The van der Waals surface area contributed by atoms with Gasteiger partial charge in [-0.2, -0.15) is 0 Å². The van der Waals surface area contributed by atoms with E-state index < -0.39 is 17.7 Å². The summed E-state index contributed by atoms with van der Waals surface area (Å²) in [6, 6.07) is 17.4. The van der Waals surface area contributed by atoms with Gasteiger partial charge in [-0.1, -0.05) is 29.8 Å². The largest absolute Gasteiger partial charge is 0.507 e. The van der Waals surface area contributed by atoms with Crippen molar-refractivity contribution < 1.29 is 19.4 Å². The number of amides is 1. The number of methoxy groups -OCH3 is 1. The normalized spacial score (nSPS) is 16.8. The fraction of sp³-hybridized carbons (Fsp3) is 0.267. The van der Waals surface area contributed by atoms with Crippen LogP contribution in [0.25, 0.3) is 5.76 Å². The van der Waals surface area contributed by atoms with Gasteiger partial charge in [0.1, 0.15) is 11.5 Å². The lowest BCUT2D eigenvalue weighted by molar-refractivity contribution is -0.132. The summed E-state index contributed by atoms with van der Waals surface area (Å²) in [6.45, 7) is 9.84. The van der Waals surface area contributed by atoms with Crippen molar-refractivity contribution in [1.82, 2.24) is 0 Å². The third kappa shape index (κ3) is 4.81. The fourth-order valence-corrected chi connectivity index (χ4v) is 4.97. The summed E-state index contributed by atoms with van der Waals surface area (Å²) in [5, 5.41) is 11.7. The number of ether oxygens (including phenoxy) is 1. The number of aliphatic hydroxyl groups excluding tert-OH is 1. The van der Waals surface area contributed by atoms with Crippen LogP contribution in [0.15, 0.2) is 66.2 Å². The van der Waals surface area contributed by atoms with Crippen LogP contribution >= 0.6 is 11.6 Å². The number of anilines is 2. The third-order valence-electron chi connectivity index (χ3n) is 6.98. The van der Waals surface area contributed by atoms with E-state index in [4.69, 9.17) is 16.3 Å². The third-order valence-corrected chi connectivity index (χ3v) is 7.27. The Morgan fingerprint density at radius 1 is 0.973 bits per heavy atom. The summed E-state index contributed by atoms with van der Waals surface area (Å²) in [7, 11) is 1.50. The second-order valence-electron chi connectivity index (χ2n) is 9.05. The van der Waals surface area contributed by atoms with Crippen molar-refractivity contribution in [2.45, 2.75) is 33.7 Å². The lowest BCUT2D eigenvalue weighted by atomic mass is 9.94. The van der Waals surface area contributed by atoms with Crippen molar-refractivity contribution in [2.24, 2.45) is 0 Å². The zero-order valence-electron chi connectivity index (χ0n) is 21.7. The number of hydrogen-bond acceptors (Lipinski definition) is 5. The molecule has 0 bridgehead atoms. The predicted octanol–water partition coefficient (Wildman–Crippen LogP) is 6.44. The lowest BCUT2D eigenvalue weighted by Crippen LogP contribution is -2.29. The Morgan fingerprint density at radius 2 is 1.65 bits per heavy atom. The maximum absolute atomic E-state index is 13.4. The van der Waals surface area contributed by atoms with Crippen LogP contribution in [0.2, 0.25) is 5.02 Å². The maximum atomic E-state index is 13.4. The van der Waals surface area contributed by atoms with Gasteiger partial charge in [-0.15, -0.1) is 0 Å². The van der Waals surface area contributed by atoms with Gasteiger partial charge in [0.15, 0.2) is 0 Å². The molecule has 3 aromatic carbocycles. The van der Waals surface area contributed by atoms with E-state index >= 15 is 0 Å². The molecule has 1 N–H and O–H groups in total. The first kappa shape index (κ1) is 26.3. The molecular formula is C30H31ClN2O4. The molecule has 3 aromatic rings. The molecule has 7 heteroatoms. The quantitative estimate of drug-likeness (QED) is 0.221. The zero-order valence-corrected chi connectivity index (χ0v) is 22.5. The van der Waals surface area contributed by atoms with E-state index in [-0.39, 0.29) is 16.4 Å². The molecule has 1 heterocycles. The molecule has 0 radical (unpaired) electrons. The molecule has 6 nitrogen and oxygen atoms in total. The number of nitrogens with zero attached hydrogens (tertiary/aromatic N) is 2. The lowest BCUT2D eigenvalue weighted by Gasteiger charge is -2.27. The van der Waals surface area contributed by atoms with Gasteiger partial charge in [0.05, 0.1) is 23.7 Å². The molecule has 1 unspecified atom stereocenters. The number of rotatable bonds is 7. The van der Waals surface area contributed by atoms with Crippen LogP contribution in [0, 0.1) is 13.8 Å². The van der Waals surface area contributed by atoms with Crippen LogP contribution in [-0.2, 0) is 9.59 Å². The van der Waals surface area contributed by atoms with Gasteiger partial charge in [0.25, 0.3) is 11.7 Å². The Hall–Kier alpha value is -3.77. The molecule has 0 aromatic heterocycles. The van der Waals surface area contributed by atoms with Crippen molar-refractivity contribution >= 4 is 40.4 Å². The molecule has 192 valence electrons. The van der Waals surface area contributed by atoms with E-state index in [0.717, 1.165) is 35.5 Å². The standard InChI is InChI=1S/C30H31ClN2O4/c1-6-32(7-2)22-13-9-20(10-14-22)27-26(28(34)21-11-15-25(37-5)24(31)17-21)29(35)30(36)33(27)23-12-8-18(3)19(4)16-23/h8-17,27,34H,6-7H2,1-5H3/b28-26+. The summed E-state index contributed by atoms with van der Waals surface area (Å²) in [5.41, 5.74) is 4.77. The van der Waals surface area contributed by atoms with E-state index in [0.29, 0.717) is 17.0 Å². The molecule has 0 spiro atoms. The van der Waals surface area contributed by atoms with E-state index in [1.54, 1.807) is 12.1 Å². The summed E-state index contributed by atoms with van der Waals surface area (Å²) in [5.74, 6) is -1.29. The zero-order chi connectivity index (χ0) is 26.9. The van der Waals surface area contributed by atoms with Crippen LogP contribution in [-0.4, -0.2) is 37.0 Å². The smallest absolute Gasteiger partial charge is 0.300 e. The molecule has 1 aliphatic heterocycles. The number of aliphatic hydroxyl groups is 1. The minimum Gasteiger partial charge on any atom is -0.507 e. The average molecular weight is 519 g/mol. The number of ketones is 1. The highest BCUT2D eigenvalue weighted by Gasteiger charge is 2.47. The number of benzene rings is 3. The van der Waals surface area contributed by atoms with Crippen LogP contribution in [0.5, 0.6) is 5.75 Å². The molecular weight excluding hydrogens is 488 g/mol. The van der Waals surface area contributed by atoms with Gasteiger partial charge in [-0.25, -0.2) is 0 Å². The van der Waals surface area contributed by atoms with Crippen molar-refractivity contribution in [3.8, 4) is 5.75 Å². The Kier molecular flexibility index (Phi) is 7.60. The number of halogens is 1. The highest BCUT2D eigenvalue weighted by atomic mass is 35.5. The minimum absolute atomic E-state index is 0.0139. The molecule has 1 amide bonds. The molecule has 1 saturated heterocycles. The maximum Gasteiger partial charge on any atom is 0.300 e. The van der Waals surface area contributed by atoms with Gasteiger partial charge in [-0.3, -0.25) is 14.5 Å². The first-order chi connectivity index (χ1) is 17.7. The number of carbonyl (C=O) groups excluding carboxylic acids is 2. The number of hydrogen-bond donors (Lipinski definition) is 1. The molecule has 1 fully saturated rings. The van der Waals surface area contributed by atoms with Crippen molar-refractivity contribution in [3.63, 3.8) is 0 Å². The van der Waals surface area contributed by atoms with Crippen molar-refractivity contribution in [1.29, 1.82) is 0 Å². The van der Waals surface area contributed by atoms with Gasteiger partial charge in [0.2, 0.25) is 0 Å². The number of aryl methyl sites for hydroxylation is 2. The Labute approximate surface area is 222 Å². The van der Waals surface area contributed by atoms with Crippen molar-refractivity contribution in [2.75, 3.05) is 30.0 Å². The number of carbonyl (C=O) groups is 2. The van der Waals surface area contributed by atoms with Crippen LogP contribution in [0.4, 0.5) is 11.4 Å². The molecule has 1 aliphatic rings. The summed E-state index contributed by atoms with van der Waals surface area (Å²) >= 11 is 6.30. The summed E-state index contributed by atoms with van der Waals surface area (Å²) in [6.07, 6.45) is 0. The minimum atomic E-state index is -0.811. The summed E-state index contributed by atoms with van der Waals surface area (Å²) in [4.78, 5) is 30.6. The van der Waals surface area contributed by atoms with Gasteiger partial charge in [0, 0.05) is 30.0 Å². The predicted molar refractivity (Wildman–Crippen MR) is 149 cm³/mol. The first-order valence-electron chi connectivity index (χ1n) is 12.3. The summed E-state index contributed by atoms with van der Waals surface area (Å²) < 4.78 is 5.22. The van der Waals surface area contributed by atoms with E-state index in [9.17, 15) is 14.7 Å². The van der Waals surface area contributed by atoms with Crippen LogP contribution in [0.3, 0.4) is 0 Å².